The molecule has 1 aromatic heterocycles. The third-order valence-corrected chi connectivity index (χ3v) is 3.92. The highest BCUT2D eigenvalue weighted by Gasteiger charge is 2.26. The van der Waals surface area contributed by atoms with Gasteiger partial charge in [-0.3, -0.25) is 0 Å². The van der Waals surface area contributed by atoms with Crippen molar-refractivity contribution >= 4 is 11.5 Å². The van der Waals surface area contributed by atoms with Crippen molar-refractivity contribution in [1.29, 1.82) is 0 Å². The molecule has 1 N–H and O–H groups in total. The Balaban J connectivity index is 2.01. The van der Waals surface area contributed by atoms with E-state index in [2.05, 4.69) is 21.8 Å². The van der Waals surface area contributed by atoms with Crippen LogP contribution in [0, 0.1) is 5.92 Å². The Kier molecular flexibility index (Phi) is 4.09. The van der Waals surface area contributed by atoms with Gasteiger partial charge in [-0.25, -0.2) is 0 Å². The highest BCUT2D eigenvalue weighted by atomic mass is 32.1. The van der Waals surface area contributed by atoms with Gasteiger partial charge in [0.2, 0.25) is 0 Å². The minimum absolute atomic E-state index is 0.507. The zero-order valence-corrected chi connectivity index (χ0v) is 10.1. The summed E-state index contributed by atoms with van der Waals surface area (Å²) >= 11 is 1.54. The number of aromatic nitrogens is 2. The molecule has 1 aliphatic carbocycles. The number of hydrogen-bond acceptors (Lipinski definition) is 4. The van der Waals surface area contributed by atoms with Gasteiger partial charge in [0.1, 0.15) is 0 Å². The van der Waals surface area contributed by atoms with Crippen molar-refractivity contribution in [2.45, 2.75) is 45.1 Å². The van der Waals surface area contributed by atoms with Crippen LogP contribution in [0.2, 0.25) is 0 Å². The lowest BCUT2D eigenvalue weighted by Crippen LogP contribution is -2.27. The Morgan fingerprint density at radius 3 is 2.93 bits per heavy atom. The van der Waals surface area contributed by atoms with E-state index < -0.39 is 0 Å². The average Bonchev–Trinajstić information content (AvgIpc) is 2.90. The summed E-state index contributed by atoms with van der Waals surface area (Å²) in [7, 11) is 0. The Labute approximate surface area is 95.4 Å². The lowest BCUT2D eigenvalue weighted by atomic mass is 9.97. The summed E-state index contributed by atoms with van der Waals surface area (Å²) in [6, 6.07) is 0.507. The van der Waals surface area contributed by atoms with Gasteiger partial charge in [-0.05, 0) is 43.3 Å². The first-order valence-electron chi connectivity index (χ1n) is 5.92. The second-order valence-corrected chi connectivity index (χ2v) is 5.11. The van der Waals surface area contributed by atoms with Crippen LogP contribution in [0.25, 0.3) is 0 Å². The van der Waals surface area contributed by atoms with Gasteiger partial charge in [-0.2, -0.15) is 0 Å². The molecule has 0 spiro atoms. The second kappa shape index (κ2) is 5.56. The molecule has 1 atom stereocenters. The monoisotopic (exact) mass is 225 g/mol. The summed E-state index contributed by atoms with van der Waals surface area (Å²) in [5.74, 6) is 0.804. The van der Waals surface area contributed by atoms with Gasteiger partial charge < -0.3 is 5.32 Å². The van der Waals surface area contributed by atoms with Gasteiger partial charge in [0.15, 0.2) is 0 Å². The van der Waals surface area contributed by atoms with Gasteiger partial charge in [0.25, 0.3) is 0 Å². The van der Waals surface area contributed by atoms with Crippen LogP contribution in [-0.2, 0) is 0 Å². The van der Waals surface area contributed by atoms with E-state index in [1.807, 2.05) is 6.20 Å². The topological polar surface area (TPSA) is 37.8 Å². The van der Waals surface area contributed by atoms with Gasteiger partial charge >= 0.3 is 0 Å². The van der Waals surface area contributed by atoms with E-state index in [-0.39, 0.29) is 0 Å². The van der Waals surface area contributed by atoms with Crippen molar-refractivity contribution in [2.75, 3.05) is 6.54 Å². The van der Waals surface area contributed by atoms with E-state index >= 15 is 0 Å². The van der Waals surface area contributed by atoms with Crippen LogP contribution in [0.3, 0.4) is 0 Å². The Hall–Kier alpha value is -0.480. The van der Waals surface area contributed by atoms with E-state index in [0.29, 0.717) is 6.04 Å². The molecule has 0 aliphatic heterocycles. The minimum atomic E-state index is 0.507. The summed E-state index contributed by atoms with van der Waals surface area (Å²) in [6.45, 7) is 3.31. The van der Waals surface area contributed by atoms with Crippen molar-refractivity contribution in [1.82, 2.24) is 14.9 Å². The van der Waals surface area contributed by atoms with Crippen LogP contribution < -0.4 is 5.32 Å². The maximum absolute atomic E-state index is 3.97. The van der Waals surface area contributed by atoms with E-state index in [1.54, 1.807) is 11.5 Å². The molecule has 0 radical (unpaired) electrons. The van der Waals surface area contributed by atoms with E-state index in [1.165, 1.54) is 37.0 Å². The quantitative estimate of drug-likeness (QED) is 0.837. The van der Waals surface area contributed by atoms with Crippen LogP contribution in [0.5, 0.6) is 0 Å². The minimum Gasteiger partial charge on any atom is -0.309 e. The molecule has 1 fully saturated rings. The van der Waals surface area contributed by atoms with Crippen LogP contribution in [0.15, 0.2) is 6.20 Å². The van der Waals surface area contributed by atoms with Crippen LogP contribution in [-0.4, -0.2) is 16.1 Å². The predicted molar refractivity (Wildman–Crippen MR) is 62.9 cm³/mol. The van der Waals surface area contributed by atoms with Crippen molar-refractivity contribution < 1.29 is 0 Å². The molecule has 15 heavy (non-hydrogen) atoms. The highest BCUT2D eigenvalue weighted by Crippen LogP contribution is 2.36. The van der Waals surface area contributed by atoms with Crippen molar-refractivity contribution in [3.05, 3.63) is 11.1 Å². The van der Waals surface area contributed by atoms with E-state index in [9.17, 15) is 0 Å². The fourth-order valence-electron chi connectivity index (χ4n) is 2.40. The molecular formula is C11H19N3S. The van der Waals surface area contributed by atoms with Crippen molar-refractivity contribution in [3.63, 3.8) is 0 Å². The van der Waals surface area contributed by atoms with Gasteiger partial charge in [0, 0.05) is 6.04 Å². The molecule has 3 nitrogen and oxygen atoms in total. The fraction of sp³-hybridized carbons (Fsp3) is 0.818. The molecule has 0 saturated heterocycles. The maximum Gasteiger partial charge on any atom is 0.0669 e. The zero-order chi connectivity index (χ0) is 10.5. The molecule has 4 heteroatoms. The van der Waals surface area contributed by atoms with E-state index in [4.69, 9.17) is 0 Å². The standard InChI is InChI=1S/C11H19N3S/c1-2-7-12-11(9-5-3-4-6-9)10-8-13-14-15-10/h8-9,11-12H,2-7H2,1H3. The molecule has 1 heterocycles. The lowest BCUT2D eigenvalue weighted by molar-refractivity contribution is 0.373. The van der Waals surface area contributed by atoms with Crippen molar-refractivity contribution in [2.24, 2.45) is 5.92 Å². The molecular weight excluding hydrogens is 206 g/mol. The smallest absolute Gasteiger partial charge is 0.0669 e. The summed E-state index contributed by atoms with van der Waals surface area (Å²) in [5.41, 5.74) is 0. The zero-order valence-electron chi connectivity index (χ0n) is 9.28. The Morgan fingerprint density at radius 2 is 2.33 bits per heavy atom. The summed E-state index contributed by atoms with van der Waals surface area (Å²) in [6.07, 6.45) is 8.62. The van der Waals surface area contributed by atoms with Gasteiger partial charge in [0.05, 0.1) is 11.1 Å². The number of nitrogens with zero attached hydrogens (tertiary/aromatic N) is 2. The Bertz CT molecular complexity index is 267. The second-order valence-electron chi connectivity index (χ2n) is 4.30. The molecule has 0 amide bonds. The molecule has 84 valence electrons. The maximum atomic E-state index is 3.97. The molecule has 1 aromatic rings. The Morgan fingerprint density at radius 1 is 1.53 bits per heavy atom. The van der Waals surface area contributed by atoms with Crippen LogP contribution >= 0.6 is 11.5 Å². The first kappa shape index (κ1) is 11.0. The van der Waals surface area contributed by atoms with Gasteiger partial charge in [-0.15, -0.1) is 5.10 Å². The summed E-state index contributed by atoms with van der Waals surface area (Å²) in [4.78, 5) is 1.32. The van der Waals surface area contributed by atoms with Gasteiger partial charge in [-0.1, -0.05) is 24.3 Å². The molecule has 1 saturated carbocycles. The van der Waals surface area contributed by atoms with Crippen molar-refractivity contribution in [3.8, 4) is 0 Å². The average molecular weight is 225 g/mol. The third kappa shape index (κ3) is 2.75. The largest absolute Gasteiger partial charge is 0.309 e. The first-order valence-corrected chi connectivity index (χ1v) is 6.69. The van der Waals surface area contributed by atoms with E-state index in [0.717, 1.165) is 12.5 Å². The predicted octanol–water partition coefficient (Wildman–Crippen LogP) is 2.77. The number of rotatable bonds is 5. The summed E-state index contributed by atoms with van der Waals surface area (Å²) < 4.78 is 3.97. The summed E-state index contributed by atoms with van der Waals surface area (Å²) in [5, 5.41) is 7.60. The number of hydrogen-bond donors (Lipinski definition) is 1. The van der Waals surface area contributed by atoms with Crippen LogP contribution in [0.1, 0.15) is 49.9 Å². The number of nitrogens with one attached hydrogen (secondary N) is 1. The third-order valence-electron chi connectivity index (χ3n) is 3.17. The fourth-order valence-corrected chi connectivity index (χ4v) is 3.07. The lowest BCUT2D eigenvalue weighted by Gasteiger charge is -2.22. The molecule has 2 rings (SSSR count). The molecule has 0 aromatic carbocycles. The normalized spacial score (nSPS) is 19.5. The molecule has 1 aliphatic rings. The first-order chi connectivity index (χ1) is 7.42. The molecule has 1 unspecified atom stereocenters. The SMILES string of the molecule is CCCNC(c1cnns1)C1CCCC1. The highest BCUT2D eigenvalue weighted by molar-refractivity contribution is 7.05. The molecule has 0 bridgehead atoms. The van der Waals surface area contributed by atoms with Crippen LogP contribution in [0.4, 0.5) is 0 Å².